The number of carbonyl (C=O) groups excluding carboxylic acids is 1. The van der Waals surface area contributed by atoms with Crippen LogP contribution in [0.5, 0.6) is 11.5 Å². The third-order valence-electron chi connectivity index (χ3n) is 5.87. The number of likely N-dealkylation sites (tertiary alicyclic amines) is 1. The number of ether oxygens (including phenoxy) is 2. The van der Waals surface area contributed by atoms with Gasteiger partial charge >= 0.3 is 0 Å². The van der Waals surface area contributed by atoms with Gasteiger partial charge in [-0.15, -0.1) is 0 Å². The van der Waals surface area contributed by atoms with E-state index in [1.165, 1.54) is 18.9 Å². The second-order valence-electron chi connectivity index (χ2n) is 7.83. The molecule has 1 aliphatic carbocycles. The van der Waals surface area contributed by atoms with Gasteiger partial charge in [-0.2, -0.15) is 0 Å². The van der Waals surface area contributed by atoms with Crippen LogP contribution in [0.4, 0.5) is 0 Å². The average molecular weight is 381 g/mol. The molecule has 1 amide bonds. The zero-order valence-electron chi connectivity index (χ0n) is 16.3. The van der Waals surface area contributed by atoms with Crippen LogP contribution in [0.2, 0.25) is 0 Å². The standard InChI is InChI=1S/C23H27NO4/c1-27-23(19-5-3-2-4-6-19)9-11-24(12-10-23)22(26)18-13-20(25)15-21(14-18)28-16-17-7-8-17/h2-6,13-15,17,25H,7-12,16H2,1H3. The summed E-state index contributed by atoms with van der Waals surface area (Å²) in [7, 11) is 1.74. The molecule has 1 aliphatic heterocycles. The molecule has 4 rings (SSSR count). The molecular weight excluding hydrogens is 354 g/mol. The van der Waals surface area contributed by atoms with Crippen molar-refractivity contribution in [2.75, 3.05) is 26.8 Å². The van der Waals surface area contributed by atoms with Gasteiger partial charge in [-0.25, -0.2) is 0 Å². The average Bonchev–Trinajstić information content (AvgIpc) is 3.57. The lowest BCUT2D eigenvalue weighted by Gasteiger charge is -2.41. The Morgan fingerprint density at radius 3 is 2.50 bits per heavy atom. The molecule has 1 saturated carbocycles. The Kier molecular flexibility index (Phi) is 5.27. The first-order valence-corrected chi connectivity index (χ1v) is 9.96. The Labute approximate surface area is 165 Å². The number of aromatic hydroxyl groups is 1. The Bertz CT molecular complexity index is 824. The fraction of sp³-hybridized carbons (Fsp3) is 0.435. The second kappa shape index (κ2) is 7.84. The summed E-state index contributed by atoms with van der Waals surface area (Å²) >= 11 is 0. The Balaban J connectivity index is 1.45. The number of phenolic OH excluding ortho intramolecular Hbond substituents is 1. The fourth-order valence-corrected chi connectivity index (χ4v) is 3.89. The number of phenols is 1. The molecule has 2 aromatic rings. The first-order valence-electron chi connectivity index (χ1n) is 9.96. The van der Waals surface area contributed by atoms with Gasteiger partial charge in [-0.1, -0.05) is 30.3 Å². The number of methoxy groups -OCH3 is 1. The topological polar surface area (TPSA) is 59.0 Å². The number of carbonyl (C=O) groups is 1. The highest BCUT2D eigenvalue weighted by Gasteiger charge is 2.37. The van der Waals surface area contributed by atoms with Crippen LogP contribution in [0.1, 0.15) is 41.6 Å². The van der Waals surface area contributed by atoms with Crippen LogP contribution in [0, 0.1) is 5.92 Å². The van der Waals surface area contributed by atoms with E-state index >= 15 is 0 Å². The maximum atomic E-state index is 13.0. The van der Waals surface area contributed by atoms with Gasteiger partial charge in [-0.05, 0) is 49.3 Å². The minimum absolute atomic E-state index is 0.0594. The number of amides is 1. The van der Waals surface area contributed by atoms with E-state index in [1.54, 1.807) is 19.2 Å². The molecule has 28 heavy (non-hydrogen) atoms. The molecule has 0 unspecified atom stereocenters. The summed E-state index contributed by atoms with van der Waals surface area (Å²) in [6.45, 7) is 1.86. The quantitative estimate of drug-likeness (QED) is 0.823. The number of hydrogen-bond acceptors (Lipinski definition) is 4. The molecule has 0 atom stereocenters. The number of nitrogens with zero attached hydrogens (tertiary/aromatic N) is 1. The van der Waals surface area contributed by atoms with Crippen molar-refractivity contribution in [3.8, 4) is 11.5 Å². The number of benzene rings is 2. The third-order valence-corrected chi connectivity index (χ3v) is 5.87. The molecule has 2 aliphatic rings. The molecule has 1 saturated heterocycles. The van der Waals surface area contributed by atoms with Crippen LogP contribution < -0.4 is 4.74 Å². The van der Waals surface area contributed by atoms with Crippen LogP contribution in [-0.4, -0.2) is 42.7 Å². The molecule has 1 N–H and O–H groups in total. The van der Waals surface area contributed by atoms with Gasteiger partial charge in [0, 0.05) is 31.8 Å². The van der Waals surface area contributed by atoms with Crippen LogP contribution in [0.25, 0.3) is 0 Å². The van der Waals surface area contributed by atoms with Crippen molar-refractivity contribution in [2.24, 2.45) is 5.92 Å². The van der Waals surface area contributed by atoms with Crippen molar-refractivity contribution < 1.29 is 19.4 Å². The highest BCUT2D eigenvalue weighted by atomic mass is 16.5. The smallest absolute Gasteiger partial charge is 0.254 e. The van der Waals surface area contributed by atoms with Crippen LogP contribution in [0.15, 0.2) is 48.5 Å². The molecule has 148 valence electrons. The molecule has 0 bridgehead atoms. The first-order chi connectivity index (χ1) is 13.6. The Morgan fingerprint density at radius 2 is 1.86 bits per heavy atom. The van der Waals surface area contributed by atoms with E-state index in [2.05, 4.69) is 12.1 Å². The zero-order valence-corrected chi connectivity index (χ0v) is 16.3. The van der Waals surface area contributed by atoms with E-state index in [0.29, 0.717) is 36.9 Å². The van der Waals surface area contributed by atoms with Gasteiger partial charge in [0.25, 0.3) is 5.91 Å². The number of rotatable bonds is 6. The second-order valence-corrected chi connectivity index (χ2v) is 7.83. The zero-order chi connectivity index (χ0) is 19.6. The Morgan fingerprint density at radius 1 is 1.14 bits per heavy atom. The molecular formula is C23H27NO4. The lowest BCUT2D eigenvalue weighted by atomic mass is 9.84. The minimum atomic E-state index is -0.352. The number of hydrogen-bond donors (Lipinski definition) is 1. The highest BCUT2D eigenvalue weighted by Crippen LogP contribution is 2.37. The maximum absolute atomic E-state index is 13.0. The van der Waals surface area contributed by atoms with Crippen molar-refractivity contribution in [2.45, 2.75) is 31.3 Å². The molecule has 0 aromatic heterocycles. The first kappa shape index (κ1) is 18.8. The van der Waals surface area contributed by atoms with Crippen molar-refractivity contribution in [3.05, 3.63) is 59.7 Å². The van der Waals surface area contributed by atoms with Crippen molar-refractivity contribution in [1.82, 2.24) is 4.90 Å². The SMILES string of the molecule is COC1(c2ccccc2)CCN(C(=O)c2cc(O)cc(OCC3CC3)c2)CC1. The molecule has 0 spiro atoms. The predicted molar refractivity (Wildman–Crippen MR) is 107 cm³/mol. The van der Waals surface area contributed by atoms with E-state index in [4.69, 9.17) is 9.47 Å². The Hall–Kier alpha value is -2.53. The van der Waals surface area contributed by atoms with Crippen LogP contribution in [0.3, 0.4) is 0 Å². The summed E-state index contributed by atoms with van der Waals surface area (Å²) in [5.74, 6) is 1.15. The van der Waals surface area contributed by atoms with Crippen LogP contribution in [-0.2, 0) is 10.3 Å². The summed E-state index contributed by atoms with van der Waals surface area (Å²) in [5.41, 5.74) is 1.27. The lowest BCUT2D eigenvalue weighted by Crippen LogP contribution is -2.46. The maximum Gasteiger partial charge on any atom is 0.254 e. The van der Waals surface area contributed by atoms with Gasteiger partial charge in [0.15, 0.2) is 0 Å². The molecule has 2 fully saturated rings. The lowest BCUT2D eigenvalue weighted by molar-refractivity contribution is -0.0574. The van der Waals surface area contributed by atoms with Crippen molar-refractivity contribution >= 4 is 5.91 Å². The molecule has 0 radical (unpaired) electrons. The molecule has 5 heteroatoms. The van der Waals surface area contributed by atoms with Gasteiger partial charge in [0.2, 0.25) is 0 Å². The van der Waals surface area contributed by atoms with Crippen LogP contribution >= 0.6 is 0 Å². The molecule has 1 heterocycles. The normalized spacial score (nSPS) is 18.7. The summed E-state index contributed by atoms with van der Waals surface area (Å²) in [6, 6.07) is 15.0. The van der Waals surface area contributed by atoms with Gasteiger partial charge in [-0.3, -0.25) is 4.79 Å². The molecule has 2 aromatic carbocycles. The van der Waals surface area contributed by atoms with Gasteiger partial charge in [0.05, 0.1) is 12.2 Å². The minimum Gasteiger partial charge on any atom is -0.508 e. The van der Waals surface area contributed by atoms with E-state index in [-0.39, 0.29) is 17.3 Å². The van der Waals surface area contributed by atoms with Crippen molar-refractivity contribution in [3.63, 3.8) is 0 Å². The summed E-state index contributed by atoms with van der Waals surface area (Å²) in [4.78, 5) is 14.8. The van der Waals surface area contributed by atoms with E-state index in [1.807, 2.05) is 23.1 Å². The van der Waals surface area contributed by atoms with E-state index in [0.717, 1.165) is 18.4 Å². The summed E-state index contributed by atoms with van der Waals surface area (Å²) in [5, 5.41) is 10.0. The van der Waals surface area contributed by atoms with Gasteiger partial charge < -0.3 is 19.5 Å². The van der Waals surface area contributed by atoms with E-state index < -0.39 is 0 Å². The third kappa shape index (κ3) is 3.99. The van der Waals surface area contributed by atoms with Crippen molar-refractivity contribution in [1.29, 1.82) is 0 Å². The van der Waals surface area contributed by atoms with E-state index in [9.17, 15) is 9.90 Å². The number of piperidine rings is 1. The summed E-state index contributed by atoms with van der Waals surface area (Å²) in [6.07, 6.45) is 3.87. The monoisotopic (exact) mass is 381 g/mol. The fourth-order valence-electron chi connectivity index (χ4n) is 3.89. The largest absolute Gasteiger partial charge is 0.508 e. The predicted octanol–water partition coefficient (Wildman–Crippen LogP) is 3.96. The summed E-state index contributed by atoms with van der Waals surface area (Å²) < 4.78 is 11.6. The molecule has 5 nitrogen and oxygen atoms in total. The van der Waals surface area contributed by atoms with Gasteiger partial charge in [0.1, 0.15) is 11.5 Å². The highest BCUT2D eigenvalue weighted by molar-refractivity contribution is 5.95.